The summed E-state index contributed by atoms with van der Waals surface area (Å²) in [5.41, 5.74) is 1.73. The number of carbonyl (C=O) groups excluding carboxylic acids is 1. The molecule has 0 bridgehead atoms. The van der Waals surface area contributed by atoms with Crippen molar-refractivity contribution in [1.29, 1.82) is 0 Å². The number of rotatable bonds is 3. The van der Waals surface area contributed by atoms with E-state index in [0.717, 1.165) is 5.56 Å². The summed E-state index contributed by atoms with van der Waals surface area (Å²) in [6.45, 7) is 1.84. The zero-order valence-electron chi connectivity index (χ0n) is 10.6. The van der Waals surface area contributed by atoms with Gasteiger partial charge in [-0.1, -0.05) is 17.7 Å². The van der Waals surface area contributed by atoms with Crippen LogP contribution in [-0.2, 0) is 0 Å². The number of nitrogens with zero attached hydrogens (tertiary/aromatic N) is 2. The maximum atomic E-state index is 12.0. The molecule has 0 atom stereocenters. The molecule has 98 valence electrons. The Hall–Kier alpha value is -2.14. The van der Waals surface area contributed by atoms with E-state index in [2.05, 4.69) is 20.8 Å². The minimum absolute atomic E-state index is 0.248. The smallest absolute Gasteiger partial charge is 0.276 e. The van der Waals surface area contributed by atoms with Gasteiger partial charge in [0.25, 0.3) is 5.91 Å². The van der Waals surface area contributed by atoms with Gasteiger partial charge < -0.3 is 10.6 Å². The number of amides is 1. The molecule has 1 heterocycles. The van der Waals surface area contributed by atoms with Crippen molar-refractivity contribution in [2.45, 2.75) is 6.92 Å². The van der Waals surface area contributed by atoms with Gasteiger partial charge in [0.1, 0.15) is 5.82 Å². The first-order chi connectivity index (χ1) is 9.11. The van der Waals surface area contributed by atoms with E-state index in [4.69, 9.17) is 11.6 Å². The molecule has 6 heteroatoms. The summed E-state index contributed by atoms with van der Waals surface area (Å²) >= 11 is 6.00. The lowest BCUT2D eigenvalue weighted by Gasteiger charge is -2.08. The predicted octanol–water partition coefficient (Wildman–Crippen LogP) is 2.73. The third-order valence-corrected chi connectivity index (χ3v) is 3.08. The topological polar surface area (TPSA) is 66.9 Å². The molecule has 0 spiro atoms. The molecule has 1 aromatic heterocycles. The lowest BCUT2D eigenvalue weighted by atomic mass is 10.2. The average molecular weight is 277 g/mol. The van der Waals surface area contributed by atoms with E-state index in [1.54, 1.807) is 37.4 Å². The molecule has 1 amide bonds. The number of benzene rings is 1. The molecule has 0 unspecified atom stereocenters. The number of aromatic nitrogens is 2. The van der Waals surface area contributed by atoms with E-state index in [0.29, 0.717) is 16.5 Å². The second kappa shape index (κ2) is 5.67. The van der Waals surface area contributed by atoms with Gasteiger partial charge >= 0.3 is 0 Å². The molecule has 2 N–H and O–H groups in total. The van der Waals surface area contributed by atoms with Crippen LogP contribution in [0.15, 0.2) is 30.3 Å². The van der Waals surface area contributed by atoms with Crippen molar-refractivity contribution >= 4 is 29.0 Å². The molecule has 5 nitrogen and oxygen atoms in total. The van der Waals surface area contributed by atoms with Gasteiger partial charge in [-0.2, -0.15) is 0 Å². The molecule has 0 aliphatic carbocycles. The maximum absolute atomic E-state index is 12.0. The van der Waals surface area contributed by atoms with Crippen LogP contribution < -0.4 is 10.6 Å². The molecule has 0 radical (unpaired) electrons. The fourth-order valence-corrected chi connectivity index (χ4v) is 1.69. The van der Waals surface area contributed by atoms with Crippen molar-refractivity contribution in [3.8, 4) is 0 Å². The van der Waals surface area contributed by atoms with Gasteiger partial charge in [-0.15, -0.1) is 10.2 Å². The van der Waals surface area contributed by atoms with Crippen LogP contribution in [-0.4, -0.2) is 23.2 Å². The van der Waals surface area contributed by atoms with Crippen molar-refractivity contribution in [2.24, 2.45) is 0 Å². The summed E-state index contributed by atoms with van der Waals surface area (Å²) in [5.74, 6) is 0.288. The summed E-state index contributed by atoms with van der Waals surface area (Å²) < 4.78 is 0. The SMILES string of the molecule is CNc1ccc(C(=O)Nc2cccc(Cl)c2C)nn1. The highest BCUT2D eigenvalue weighted by molar-refractivity contribution is 6.31. The Morgan fingerprint density at radius 1 is 1.21 bits per heavy atom. The van der Waals surface area contributed by atoms with Crippen molar-refractivity contribution in [3.05, 3.63) is 46.6 Å². The van der Waals surface area contributed by atoms with Crippen LogP contribution in [0.3, 0.4) is 0 Å². The molecule has 0 saturated carbocycles. The first-order valence-electron chi connectivity index (χ1n) is 5.70. The lowest BCUT2D eigenvalue weighted by molar-refractivity contribution is 0.102. The van der Waals surface area contributed by atoms with Crippen LogP contribution in [0, 0.1) is 6.92 Å². The van der Waals surface area contributed by atoms with Gasteiger partial charge in [-0.05, 0) is 36.8 Å². The second-order valence-electron chi connectivity index (χ2n) is 3.92. The van der Waals surface area contributed by atoms with E-state index >= 15 is 0 Å². The molecule has 0 aliphatic heterocycles. The molecular formula is C13H13ClN4O. The van der Waals surface area contributed by atoms with Crippen molar-refractivity contribution in [1.82, 2.24) is 10.2 Å². The molecule has 0 aliphatic rings. The molecule has 0 saturated heterocycles. The molecule has 0 fully saturated rings. The average Bonchev–Trinajstić information content (AvgIpc) is 2.44. The zero-order valence-corrected chi connectivity index (χ0v) is 11.3. The van der Waals surface area contributed by atoms with Crippen molar-refractivity contribution in [2.75, 3.05) is 17.7 Å². The molecule has 2 aromatic rings. The summed E-state index contributed by atoms with van der Waals surface area (Å²) in [6, 6.07) is 8.63. The number of anilines is 2. The largest absolute Gasteiger partial charge is 0.372 e. The minimum Gasteiger partial charge on any atom is -0.372 e. The highest BCUT2D eigenvalue weighted by Gasteiger charge is 2.10. The Kier molecular flexibility index (Phi) is 3.97. The van der Waals surface area contributed by atoms with Gasteiger partial charge in [0.05, 0.1) is 0 Å². The monoisotopic (exact) mass is 276 g/mol. The van der Waals surface area contributed by atoms with E-state index in [9.17, 15) is 4.79 Å². The number of carbonyl (C=O) groups is 1. The van der Waals surface area contributed by atoms with Crippen molar-refractivity contribution in [3.63, 3.8) is 0 Å². The number of hydrogen-bond donors (Lipinski definition) is 2. The number of halogens is 1. The van der Waals surface area contributed by atoms with Gasteiger partial charge in [-0.3, -0.25) is 4.79 Å². The van der Waals surface area contributed by atoms with Crippen molar-refractivity contribution < 1.29 is 4.79 Å². The minimum atomic E-state index is -0.319. The fourth-order valence-electron chi connectivity index (χ4n) is 1.52. The summed E-state index contributed by atoms with van der Waals surface area (Å²) in [6.07, 6.45) is 0. The van der Waals surface area contributed by atoms with E-state index in [1.165, 1.54) is 0 Å². The highest BCUT2D eigenvalue weighted by atomic mass is 35.5. The Morgan fingerprint density at radius 3 is 2.63 bits per heavy atom. The Balaban J connectivity index is 2.18. The third kappa shape index (κ3) is 3.00. The zero-order chi connectivity index (χ0) is 13.8. The normalized spacial score (nSPS) is 10.1. The third-order valence-electron chi connectivity index (χ3n) is 2.67. The second-order valence-corrected chi connectivity index (χ2v) is 4.33. The van der Waals surface area contributed by atoms with Gasteiger partial charge in [0, 0.05) is 17.8 Å². The van der Waals surface area contributed by atoms with Gasteiger partial charge in [0.15, 0.2) is 5.69 Å². The van der Waals surface area contributed by atoms with E-state index in [1.807, 2.05) is 6.92 Å². The first-order valence-corrected chi connectivity index (χ1v) is 6.07. The Morgan fingerprint density at radius 2 is 2.00 bits per heavy atom. The summed E-state index contributed by atoms with van der Waals surface area (Å²) in [7, 11) is 1.74. The molecule has 2 rings (SSSR count). The standard InChI is InChI=1S/C13H13ClN4O/c1-8-9(14)4-3-5-10(8)16-13(19)11-6-7-12(15-2)18-17-11/h3-7H,1-2H3,(H,15,18)(H,16,19). The maximum Gasteiger partial charge on any atom is 0.276 e. The van der Waals surface area contributed by atoms with Gasteiger partial charge in [-0.25, -0.2) is 0 Å². The Labute approximate surface area is 116 Å². The molecular weight excluding hydrogens is 264 g/mol. The lowest BCUT2D eigenvalue weighted by Crippen LogP contribution is -2.15. The van der Waals surface area contributed by atoms with Crippen LogP contribution in [0.25, 0.3) is 0 Å². The van der Waals surface area contributed by atoms with Crippen LogP contribution in [0.2, 0.25) is 5.02 Å². The highest BCUT2D eigenvalue weighted by Crippen LogP contribution is 2.23. The predicted molar refractivity (Wildman–Crippen MR) is 75.7 cm³/mol. The fraction of sp³-hybridized carbons (Fsp3) is 0.154. The number of hydrogen-bond acceptors (Lipinski definition) is 4. The van der Waals surface area contributed by atoms with E-state index in [-0.39, 0.29) is 11.6 Å². The quantitative estimate of drug-likeness (QED) is 0.905. The Bertz CT molecular complexity index is 598. The summed E-state index contributed by atoms with van der Waals surface area (Å²) in [4.78, 5) is 12.0. The number of nitrogens with one attached hydrogen (secondary N) is 2. The van der Waals surface area contributed by atoms with E-state index < -0.39 is 0 Å². The van der Waals surface area contributed by atoms with Crippen LogP contribution in [0.5, 0.6) is 0 Å². The van der Waals surface area contributed by atoms with Crippen LogP contribution in [0.4, 0.5) is 11.5 Å². The molecule has 19 heavy (non-hydrogen) atoms. The first kappa shape index (κ1) is 13.3. The van der Waals surface area contributed by atoms with Crippen LogP contribution in [0.1, 0.15) is 16.1 Å². The van der Waals surface area contributed by atoms with Gasteiger partial charge in [0.2, 0.25) is 0 Å². The summed E-state index contributed by atoms with van der Waals surface area (Å²) in [5, 5.41) is 13.9. The van der Waals surface area contributed by atoms with Crippen LogP contribution >= 0.6 is 11.6 Å². The molecule has 1 aromatic carbocycles.